The lowest BCUT2D eigenvalue weighted by Crippen LogP contribution is -2.44. The Kier molecular flexibility index (Phi) is 4.72. The van der Waals surface area contributed by atoms with Gasteiger partial charge in [-0.1, -0.05) is 6.07 Å². The van der Waals surface area contributed by atoms with Crippen LogP contribution < -0.4 is 10.6 Å². The van der Waals surface area contributed by atoms with Gasteiger partial charge < -0.3 is 15.5 Å². The summed E-state index contributed by atoms with van der Waals surface area (Å²) in [4.78, 5) is 4.68. The van der Waals surface area contributed by atoms with Gasteiger partial charge >= 0.3 is 0 Å². The zero-order valence-corrected chi connectivity index (χ0v) is 15.6. The van der Waals surface area contributed by atoms with Crippen LogP contribution in [0.1, 0.15) is 5.56 Å². The Morgan fingerprint density at radius 1 is 1.00 bits per heavy atom. The summed E-state index contributed by atoms with van der Waals surface area (Å²) in [6, 6.07) is 16.2. The van der Waals surface area contributed by atoms with Crippen LogP contribution in [-0.2, 0) is 0 Å². The third kappa shape index (κ3) is 3.42. The molecule has 1 aliphatic rings. The summed E-state index contributed by atoms with van der Waals surface area (Å²) in [5.41, 5.74) is 9.23. The van der Waals surface area contributed by atoms with Crippen LogP contribution >= 0.6 is 0 Å². The Morgan fingerprint density at radius 3 is 2.32 bits per heavy atom. The highest BCUT2D eigenvalue weighted by molar-refractivity contribution is 5.67. The van der Waals surface area contributed by atoms with Gasteiger partial charge in [0.25, 0.3) is 0 Å². The van der Waals surface area contributed by atoms with E-state index in [1.54, 1.807) is 16.8 Å². The third-order valence-electron chi connectivity index (χ3n) is 5.08. The number of nitrogens with zero attached hydrogens (tertiary/aromatic N) is 5. The molecule has 142 valence electrons. The van der Waals surface area contributed by atoms with Crippen molar-refractivity contribution in [2.24, 2.45) is 0 Å². The number of nitrogens with two attached hydrogens (primary N) is 1. The summed E-state index contributed by atoms with van der Waals surface area (Å²) < 4.78 is 15.8. The number of halogens is 1. The van der Waals surface area contributed by atoms with Gasteiger partial charge in [-0.25, -0.2) is 9.07 Å². The number of hydrogen-bond acceptors (Lipinski definition) is 5. The standard InChI is InChI=1S/C21H21FN6/c1-26-8-10-27(11-9-26)17-4-6-18(7-5-17)28-20(13-21(24)25-28)15-2-3-16(14-23)19(22)12-15/h2-7,12-13H,8-11H2,1H3,(H2,24,25). The Balaban J connectivity index is 1.65. The molecule has 1 fully saturated rings. The molecule has 0 aliphatic carbocycles. The van der Waals surface area contributed by atoms with E-state index in [1.807, 2.05) is 18.2 Å². The fourth-order valence-electron chi connectivity index (χ4n) is 3.44. The summed E-state index contributed by atoms with van der Waals surface area (Å²) in [7, 11) is 2.13. The van der Waals surface area contributed by atoms with Crippen molar-refractivity contribution in [2.45, 2.75) is 0 Å². The highest BCUT2D eigenvalue weighted by Gasteiger charge is 2.16. The SMILES string of the molecule is CN1CCN(c2ccc(-n3nc(N)cc3-c3ccc(C#N)c(F)c3)cc2)CC1. The molecular formula is C21H21FN6. The molecule has 2 heterocycles. The second-order valence-corrected chi connectivity index (χ2v) is 6.98. The highest BCUT2D eigenvalue weighted by atomic mass is 19.1. The van der Waals surface area contributed by atoms with Crippen LogP contribution in [0.3, 0.4) is 0 Å². The molecule has 0 spiro atoms. The molecule has 2 N–H and O–H groups in total. The van der Waals surface area contributed by atoms with Gasteiger partial charge in [0.2, 0.25) is 0 Å². The van der Waals surface area contributed by atoms with Crippen LogP contribution in [-0.4, -0.2) is 47.9 Å². The molecular weight excluding hydrogens is 355 g/mol. The maximum atomic E-state index is 14.1. The molecule has 0 amide bonds. The highest BCUT2D eigenvalue weighted by Crippen LogP contribution is 2.27. The number of rotatable bonds is 3. The molecule has 2 aromatic carbocycles. The van der Waals surface area contributed by atoms with E-state index >= 15 is 0 Å². The molecule has 28 heavy (non-hydrogen) atoms. The number of likely N-dealkylation sites (N-methyl/N-ethyl adjacent to an activating group) is 1. The summed E-state index contributed by atoms with van der Waals surface area (Å²) in [6.45, 7) is 4.10. The Bertz CT molecular complexity index is 1030. The van der Waals surface area contributed by atoms with Gasteiger partial charge in [-0.2, -0.15) is 10.4 Å². The first-order valence-corrected chi connectivity index (χ1v) is 9.14. The van der Waals surface area contributed by atoms with E-state index in [0.717, 1.165) is 31.9 Å². The van der Waals surface area contributed by atoms with Crippen LogP contribution in [0.4, 0.5) is 15.9 Å². The summed E-state index contributed by atoms with van der Waals surface area (Å²) >= 11 is 0. The van der Waals surface area contributed by atoms with E-state index in [-0.39, 0.29) is 5.56 Å². The monoisotopic (exact) mass is 376 g/mol. The number of nitriles is 1. The van der Waals surface area contributed by atoms with Crippen molar-refractivity contribution in [1.82, 2.24) is 14.7 Å². The maximum Gasteiger partial charge on any atom is 0.146 e. The number of anilines is 2. The molecule has 1 aromatic heterocycles. The summed E-state index contributed by atoms with van der Waals surface area (Å²) in [5.74, 6) is -0.209. The van der Waals surface area contributed by atoms with Crippen molar-refractivity contribution < 1.29 is 4.39 Å². The minimum Gasteiger partial charge on any atom is -0.382 e. The first kappa shape index (κ1) is 18.0. The van der Waals surface area contributed by atoms with Crippen LogP contribution in [0.25, 0.3) is 16.9 Å². The fraction of sp³-hybridized carbons (Fsp3) is 0.238. The minimum atomic E-state index is -0.559. The quantitative estimate of drug-likeness (QED) is 0.761. The first-order valence-electron chi connectivity index (χ1n) is 9.14. The Hall–Kier alpha value is -3.37. The Morgan fingerprint density at radius 2 is 1.68 bits per heavy atom. The van der Waals surface area contributed by atoms with Gasteiger partial charge in [-0.15, -0.1) is 0 Å². The molecule has 1 saturated heterocycles. The average molecular weight is 376 g/mol. The van der Waals surface area contributed by atoms with Gasteiger partial charge in [-0.3, -0.25) is 0 Å². The molecule has 0 saturated carbocycles. The van der Waals surface area contributed by atoms with Gasteiger partial charge in [0.15, 0.2) is 0 Å². The van der Waals surface area contributed by atoms with Crippen molar-refractivity contribution >= 4 is 11.5 Å². The number of aromatic nitrogens is 2. The molecule has 0 bridgehead atoms. The second kappa shape index (κ2) is 7.33. The summed E-state index contributed by atoms with van der Waals surface area (Å²) in [6.07, 6.45) is 0. The van der Waals surface area contributed by atoms with Crippen LogP contribution in [0.15, 0.2) is 48.5 Å². The zero-order chi connectivity index (χ0) is 19.7. The number of piperazine rings is 1. The lowest BCUT2D eigenvalue weighted by Gasteiger charge is -2.34. The van der Waals surface area contributed by atoms with Crippen LogP contribution in [0.2, 0.25) is 0 Å². The van der Waals surface area contributed by atoms with E-state index < -0.39 is 5.82 Å². The lowest BCUT2D eigenvalue weighted by atomic mass is 10.1. The van der Waals surface area contributed by atoms with E-state index in [4.69, 9.17) is 11.0 Å². The largest absolute Gasteiger partial charge is 0.382 e. The number of hydrogen-bond donors (Lipinski definition) is 1. The number of benzene rings is 2. The summed E-state index contributed by atoms with van der Waals surface area (Å²) in [5, 5.41) is 13.3. The van der Waals surface area contributed by atoms with Gasteiger partial charge in [0.1, 0.15) is 17.7 Å². The first-order chi connectivity index (χ1) is 13.5. The van der Waals surface area contributed by atoms with Crippen molar-refractivity contribution in [3.63, 3.8) is 0 Å². The molecule has 3 aromatic rings. The second-order valence-electron chi connectivity index (χ2n) is 6.98. The third-order valence-corrected chi connectivity index (χ3v) is 5.08. The van der Waals surface area contributed by atoms with Gasteiger partial charge in [0.05, 0.1) is 16.9 Å². The average Bonchev–Trinajstić information content (AvgIpc) is 3.10. The van der Waals surface area contributed by atoms with Crippen LogP contribution in [0.5, 0.6) is 0 Å². The van der Waals surface area contributed by atoms with E-state index in [9.17, 15) is 4.39 Å². The minimum absolute atomic E-state index is 0.0133. The van der Waals surface area contributed by atoms with Crippen molar-refractivity contribution in [1.29, 1.82) is 5.26 Å². The number of nitrogen functional groups attached to an aromatic ring is 1. The molecule has 0 radical (unpaired) electrons. The van der Waals surface area contributed by atoms with Crippen molar-refractivity contribution in [3.05, 3.63) is 59.9 Å². The zero-order valence-electron chi connectivity index (χ0n) is 15.6. The molecule has 7 heteroatoms. The molecule has 4 rings (SSSR count). The smallest absolute Gasteiger partial charge is 0.146 e. The normalized spacial score (nSPS) is 14.8. The van der Waals surface area contributed by atoms with Gasteiger partial charge in [-0.05, 0) is 43.4 Å². The Labute approximate surface area is 163 Å². The predicted octanol–water partition coefficient (Wildman–Crippen LogP) is 2.88. The maximum absolute atomic E-state index is 14.1. The lowest BCUT2D eigenvalue weighted by molar-refractivity contribution is 0.313. The molecule has 0 unspecified atom stereocenters. The van der Waals surface area contributed by atoms with Gasteiger partial charge in [0, 0.05) is 43.5 Å². The van der Waals surface area contributed by atoms with E-state index in [0.29, 0.717) is 17.1 Å². The van der Waals surface area contributed by atoms with E-state index in [1.165, 1.54) is 17.8 Å². The molecule has 6 nitrogen and oxygen atoms in total. The fourth-order valence-corrected chi connectivity index (χ4v) is 3.44. The van der Waals surface area contributed by atoms with Crippen LogP contribution in [0, 0.1) is 17.1 Å². The van der Waals surface area contributed by atoms with Crippen molar-refractivity contribution in [2.75, 3.05) is 43.9 Å². The van der Waals surface area contributed by atoms with E-state index in [2.05, 4.69) is 34.1 Å². The van der Waals surface area contributed by atoms with Crippen molar-refractivity contribution in [3.8, 4) is 23.0 Å². The molecule has 1 aliphatic heterocycles. The predicted molar refractivity (Wildman–Crippen MR) is 108 cm³/mol. The topological polar surface area (TPSA) is 74.1 Å². The molecule has 0 atom stereocenters.